The molecule has 1 aliphatic carbocycles. The van der Waals surface area contributed by atoms with E-state index in [2.05, 4.69) is 26.2 Å². The summed E-state index contributed by atoms with van der Waals surface area (Å²) < 4.78 is 6.30. The van der Waals surface area contributed by atoms with Crippen molar-refractivity contribution in [1.82, 2.24) is 4.98 Å². The second-order valence-corrected chi connectivity index (χ2v) is 5.24. The van der Waals surface area contributed by atoms with E-state index in [1.54, 1.807) is 19.4 Å². The third-order valence-electron chi connectivity index (χ3n) is 3.18. The van der Waals surface area contributed by atoms with E-state index in [9.17, 15) is 4.79 Å². The predicted octanol–water partition coefficient (Wildman–Crippen LogP) is 2.74. The highest BCUT2D eigenvalue weighted by Gasteiger charge is 2.38. The summed E-state index contributed by atoms with van der Waals surface area (Å²) in [6, 6.07) is 3.61. The lowest BCUT2D eigenvalue weighted by Gasteiger charge is -2.39. The molecular weight excluding hydrogens is 284 g/mol. The maximum Gasteiger partial charge on any atom is 0.228 e. The summed E-state index contributed by atoms with van der Waals surface area (Å²) >= 11 is 3.30. The summed E-state index contributed by atoms with van der Waals surface area (Å²) in [7, 11) is 1.67. The quantitative estimate of drug-likeness (QED) is 0.930. The zero-order valence-electron chi connectivity index (χ0n) is 9.70. The van der Waals surface area contributed by atoms with Crippen LogP contribution >= 0.6 is 15.9 Å². The maximum absolute atomic E-state index is 11.8. The van der Waals surface area contributed by atoms with Gasteiger partial charge in [-0.1, -0.05) is 0 Å². The molecule has 0 bridgehead atoms. The number of rotatable bonds is 4. The molecule has 0 aliphatic heterocycles. The fourth-order valence-electron chi connectivity index (χ4n) is 1.95. The van der Waals surface area contributed by atoms with Crippen molar-refractivity contribution in [3.05, 3.63) is 22.8 Å². The van der Waals surface area contributed by atoms with Crippen LogP contribution in [0.4, 0.5) is 5.82 Å². The molecule has 5 heteroatoms. The Labute approximate surface area is 109 Å². The number of methoxy groups -OCH3 is 1. The Hall–Kier alpha value is -0.940. The van der Waals surface area contributed by atoms with Crippen molar-refractivity contribution in [2.24, 2.45) is 0 Å². The first-order valence-corrected chi connectivity index (χ1v) is 6.39. The number of halogens is 1. The molecule has 0 unspecified atom stereocenters. The van der Waals surface area contributed by atoms with Gasteiger partial charge in [0.15, 0.2) is 0 Å². The Balaban J connectivity index is 1.91. The first-order chi connectivity index (χ1) is 8.13. The highest BCUT2D eigenvalue weighted by Crippen LogP contribution is 2.38. The number of hydrogen-bond acceptors (Lipinski definition) is 3. The molecule has 0 aromatic carbocycles. The van der Waals surface area contributed by atoms with Crippen LogP contribution in [0.15, 0.2) is 22.8 Å². The highest BCUT2D eigenvalue weighted by atomic mass is 79.9. The summed E-state index contributed by atoms with van der Waals surface area (Å²) in [5.74, 6) is 0.533. The highest BCUT2D eigenvalue weighted by molar-refractivity contribution is 9.10. The van der Waals surface area contributed by atoms with E-state index in [-0.39, 0.29) is 11.5 Å². The van der Waals surface area contributed by atoms with Gasteiger partial charge in [-0.05, 0) is 47.3 Å². The van der Waals surface area contributed by atoms with Crippen LogP contribution in [0, 0.1) is 0 Å². The van der Waals surface area contributed by atoms with Crippen molar-refractivity contribution in [3.8, 4) is 0 Å². The average molecular weight is 299 g/mol. The Bertz CT molecular complexity index is 396. The Morgan fingerprint density at radius 3 is 2.82 bits per heavy atom. The molecular formula is C12H15BrN2O2. The van der Waals surface area contributed by atoms with Crippen LogP contribution in [-0.2, 0) is 9.53 Å². The summed E-state index contributed by atoms with van der Waals surface area (Å²) in [4.78, 5) is 15.9. The number of ether oxygens (including phenoxy) is 1. The van der Waals surface area contributed by atoms with E-state index in [1.165, 1.54) is 0 Å². The molecule has 92 valence electrons. The smallest absolute Gasteiger partial charge is 0.228 e. The van der Waals surface area contributed by atoms with Crippen LogP contribution in [0.3, 0.4) is 0 Å². The molecule has 1 heterocycles. The van der Waals surface area contributed by atoms with Gasteiger partial charge in [0.2, 0.25) is 5.91 Å². The third kappa shape index (κ3) is 3.04. The lowest BCUT2D eigenvalue weighted by molar-refractivity contribution is -0.129. The molecule has 4 nitrogen and oxygen atoms in total. The van der Waals surface area contributed by atoms with E-state index in [0.29, 0.717) is 12.2 Å². The van der Waals surface area contributed by atoms with Crippen molar-refractivity contribution in [2.75, 3.05) is 12.4 Å². The van der Waals surface area contributed by atoms with Crippen molar-refractivity contribution in [1.29, 1.82) is 0 Å². The molecule has 1 aromatic rings. The molecule has 0 saturated heterocycles. The summed E-state index contributed by atoms with van der Waals surface area (Å²) in [6.45, 7) is 0. The van der Waals surface area contributed by atoms with Crippen molar-refractivity contribution in [2.45, 2.75) is 31.3 Å². The molecule has 0 atom stereocenters. The van der Waals surface area contributed by atoms with Gasteiger partial charge in [-0.25, -0.2) is 4.98 Å². The molecule has 1 aromatic heterocycles. The van der Waals surface area contributed by atoms with Crippen molar-refractivity contribution < 1.29 is 9.53 Å². The molecule has 1 fully saturated rings. The minimum Gasteiger partial charge on any atom is -0.378 e. The summed E-state index contributed by atoms with van der Waals surface area (Å²) in [5.41, 5.74) is -0.237. The van der Waals surface area contributed by atoms with Gasteiger partial charge < -0.3 is 10.1 Å². The van der Waals surface area contributed by atoms with E-state index >= 15 is 0 Å². The summed E-state index contributed by atoms with van der Waals surface area (Å²) in [6.07, 6.45) is 5.12. The van der Waals surface area contributed by atoms with E-state index in [4.69, 9.17) is 4.74 Å². The lowest BCUT2D eigenvalue weighted by Crippen LogP contribution is -2.42. The number of aromatic nitrogens is 1. The Morgan fingerprint density at radius 2 is 2.35 bits per heavy atom. The summed E-state index contributed by atoms with van der Waals surface area (Å²) in [5, 5.41) is 2.78. The number of amides is 1. The van der Waals surface area contributed by atoms with E-state index in [1.807, 2.05) is 6.07 Å². The molecule has 17 heavy (non-hydrogen) atoms. The minimum absolute atomic E-state index is 0.0404. The number of nitrogens with zero attached hydrogens (tertiary/aromatic N) is 1. The maximum atomic E-state index is 11.8. The Morgan fingerprint density at radius 1 is 1.59 bits per heavy atom. The molecule has 1 amide bonds. The number of hydrogen-bond donors (Lipinski definition) is 1. The minimum atomic E-state index is -0.237. The lowest BCUT2D eigenvalue weighted by atomic mass is 9.77. The van der Waals surface area contributed by atoms with Crippen LogP contribution in [0.5, 0.6) is 0 Å². The topological polar surface area (TPSA) is 51.2 Å². The predicted molar refractivity (Wildman–Crippen MR) is 68.8 cm³/mol. The van der Waals surface area contributed by atoms with Crippen LogP contribution in [0.1, 0.15) is 25.7 Å². The van der Waals surface area contributed by atoms with Crippen LogP contribution in [0.25, 0.3) is 0 Å². The molecule has 0 spiro atoms. The zero-order valence-corrected chi connectivity index (χ0v) is 11.3. The van der Waals surface area contributed by atoms with Crippen LogP contribution < -0.4 is 5.32 Å². The molecule has 2 rings (SSSR count). The fourth-order valence-corrected chi connectivity index (χ4v) is 2.19. The first kappa shape index (κ1) is 12.5. The number of carbonyl (C=O) groups excluding carboxylic acids is 1. The normalized spacial score (nSPS) is 17.3. The second kappa shape index (κ2) is 5.14. The largest absolute Gasteiger partial charge is 0.378 e. The van der Waals surface area contributed by atoms with Gasteiger partial charge in [0.05, 0.1) is 12.0 Å². The van der Waals surface area contributed by atoms with Gasteiger partial charge in [0, 0.05) is 17.8 Å². The van der Waals surface area contributed by atoms with Gasteiger partial charge in [-0.15, -0.1) is 0 Å². The van der Waals surface area contributed by atoms with E-state index in [0.717, 1.165) is 23.7 Å². The number of carbonyl (C=O) groups is 1. The number of nitrogens with one attached hydrogen (secondary N) is 1. The van der Waals surface area contributed by atoms with Crippen molar-refractivity contribution in [3.63, 3.8) is 0 Å². The van der Waals surface area contributed by atoms with Crippen LogP contribution in [0.2, 0.25) is 0 Å². The van der Waals surface area contributed by atoms with Gasteiger partial charge >= 0.3 is 0 Å². The molecule has 1 N–H and O–H groups in total. The monoisotopic (exact) mass is 298 g/mol. The molecule has 1 aliphatic rings. The van der Waals surface area contributed by atoms with Crippen molar-refractivity contribution >= 4 is 27.7 Å². The zero-order chi connectivity index (χ0) is 12.3. The number of anilines is 1. The first-order valence-electron chi connectivity index (χ1n) is 5.60. The average Bonchev–Trinajstić information content (AvgIpc) is 2.27. The molecule has 1 saturated carbocycles. The third-order valence-corrected chi connectivity index (χ3v) is 3.64. The SMILES string of the molecule is COC1(CC(=O)Nc2ccc(Br)cn2)CCC1. The molecule has 0 radical (unpaired) electrons. The number of pyridine rings is 1. The van der Waals surface area contributed by atoms with Gasteiger partial charge in [0.1, 0.15) is 5.82 Å². The second-order valence-electron chi connectivity index (χ2n) is 4.33. The Kier molecular flexibility index (Phi) is 3.79. The fraction of sp³-hybridized carbons (Fsp3) is 0.500. The standard InChI is InChI=1S/C12H15BrN2O2/c1-17-12(5-2-6-12)7-11(16)15-10-4-3-9(13)8-14-10/h3-4,8H,2,5-7H2,1H3,(H,14,15,16). The van der Waals surface area contributed by atoms with Gasteiger partial charge in [0.25, 0.3) is 0 Å². The van der Waals surface area contributed by atoms with Crippen LogP contribution in [-0.4, -0.2) is 23.6 Å². The van der Waals surface area contributed by atoms with Gasteiger partial charge in [-0.3, -0.25) is 4.79 Å². The van der Waals surface area contributed by atoms with E-state index < -0.39 is 0 Å². The van der Waals surface area contributed by atoms with Gasteiger partial charge in [-0.2, -0.15) is 0 Å².